The van der Waals surface area contributed by atoms with Gasteiger partial charge in [-0.15, -0.1) is 12.4 Å². The highest BCUT2D eigenvalue weighted by Crippen LogP contribution is 2.20. The molecule has 0 bridgehead atoms. The molecule has 0 saturated carbocycles. The number of hydrogen-bond acceptors (Lipinski definition) is 5. The lowest BCUT2D eigenvalue weighted by molar-refractivity contribution is 0.0950. The van der Waals surface area contributed by atoms with Gasteiger partial charge < -0.3 is 9.88 Å². The Balaban J connectivity index is 0.00000304. The van der Waals surface area contributed by atoms with Crippen LogP contribution in [-0.4, -0.2) is 30.6 Å². The number of nitrogens with one attached hydrogen (secondary N) is 2. The van der Waals surface area contributed by atoms with Crippen LogP contribution in [0.3, 0.4) is 0 Å². The van der Waals surface area contributed by atoms with E-state index in [0.29, 0.717) is 23.6 Å². The van der Waals surface area contributed by atoms with Gasteiger partial charge in [-0.05, 0) is 47.5 Å². The van der Waals surface area contributed by atoms with Gasteiger partial charge in [-0.2, -0.15) is 5.10 Å². The second kappa shape index (κ2) is 11.2. The van der Waals surface area contributed by atoms with Crippen LogP contribution in [0.25, 0.3) is 10.9 Å². The molecule has 0 atom stereocenters. The Morgan fingerprint density at radius 1 is 1.03 bits per heavy atom. The Bertz CT molecular complexity index is 1560. The van der Waals surface area contributed by atoms with E-state index < -0.39 is 0 Å². The number of aromatic nitrogens is 5. The average molecular weight is 521 g/mol. The number of aromatic amines is 1. The number of carbonyl (C=O) groups is 1. The molecule has 36 heavy (non-hydrogen) atoms. The Labute approximate surface area is 217 Å². The van der Waals surface area contributed by atoms with Crippen LogP contribution in [0.4, 0.5) is 0 Å². The molecule has 0 aliphatic carbocycles. The van der Waals surface area contributed by atoms with Gasteiger partial charge in [0.2, 0.25) is 0 Å². The molecular weight excluding hydrogens is 499 g/mol. The molecule has 0 aliphatic heterocycles. The van der Waals surface area contributed by atoms with Crippen molar-refractivity contribution >= 4 is 40.8 Å². The number of fused-ring (bicyclic) bond motifs is 1. The number of carbonyl (C=O) groups excluding carboxylic acids is 1. The molecule has 0 fully saturated rings. The number of benzene rings is 1. The summed E-state index contributed by atoms with van der Waals surface area (Å²) in [5.74, 6) is -0.231. The summed E-state index contributed by atoms with van der Waals surface area (Å²) in [4.78, 5) is 33.3. The zero-order valence-electron chi connectivity index (χ0n) is 19.0. The first kappa shape index (κ1) is 25.1. The van der Waals surface area contributed by atoms with Crippen LogP contribution >= 0.6 is 24.0 Å². The summed E-state index contributed by atoms with van der Waals surface area (Å²) in [7, 11) is 0. The van der Waals surface area contributed by atoms with Gasteiger partial charge in [0.25, 0.3) is 11.5 Å². The van der Waals surface area contributed by atoms with Crippen LogP contribution in [0.15, 0.2) is 84.2 Å². The zero-order valence-corrected chi connectivity index (χ0v) is 20.6. The van der Waals surface area contributed by atoms with Crippen molar-refractivity contribution in [1.29, 1.82) is 0 Å². The fourth-order valence-corrected chi connectivity index (χ4v) is 3.98. The summed E-state index contributed by atoms with van der Waals surface area (Å²) in [5, 5.41) is 11.6. The number of pyridine rings is 3. The third-order valence-corrected chi connectivity index (χ3v) is 5.84. The average Bonchev–Trinajstić information content (AvgIpc) is 3.27. The van der Waals surface area contributed by atoms with E-state index in [1.54, 1.807) is 41.5 Å². The normalized spacial score (nSPS) is 10.7. The molecule has 0 saturated heterocycles. The number of H-pyrrole nitrogens is 1. The van der Waals surface area contributed by atoms with E-state index in [1.807, 2.05) is 36.4 Å². The Morgan fingerprint density at radius 3 is 2.72 bits per heavy atom. The smallest absolute Gasteiger partial charge is 0.253 e. The fourth-order valence-electron chi connectivity index (χ4n) is 3.80. The second-order valence-electron chi connectivity index (χ2n) is 8.13. The zero-order chi connectivity index (χ0) is 24.2. The van der Waals surface area contributed by atoms with E-state index in [2.05, 4.69) is 25.5 Å². The molecule has 4 aromatic heterocycles. The summed E-state index contributed by atoms with van der Waals surface area (Å²) in [5.41, 5.74) is 4.64. The van der Waals surface area contributed by atoms with Crippen LogP contribution < -0.4 is 10.9 Å². The van der Waals surface area contributed by atoms with Crippen LogP contribution in [0.2, 0.25) is 5.02 Å². The first-order valence-corrected chi connectivity index (χ1v) is 11.4. The standard InChI is InChI=1S/C26H21ClN6O2.ClH/c27-20-5-7-23-22(11-20)24(32-31-23)15-30-26(35)19-10-18(12-28-14-19)9-17-4-6-21(29-13-17)16-33-8-2-1-3-25(33)34;/h1-8,10-14H,9,15-16H2,(H,30,35)(H,31,32);1H. The van der Waals surface area contributed by atoms with Crippen molar-refractivity contribution in [3.63, 3.8) is 0 Å². The van der Waals surface area contributed by atoms with E-state index >= 15 is 0 Å². The van der Waals surface area contributed by atoms with Gasteiger partial charge in [0.15, 0.2) is 0 Å². The largest absolute Gasteiger partial charge is 0.346 e. The third-order valence-electron chi connectivity index (χ3n) is 5.60. The quantitative estimate of drug-likeness (QED) is 0.335. The third kappa shape index (κ3) is 5.79. The van der Waals surface area contributed by atoms with Gasteiger partial charge in [-0.1, -0.05) is 23.7 Å². The summed E-state index contributed by atoms with van der Waals surface area (Å²) < 4.78 is 1.61. The topological polar surface area (TPSA) is 106 Å². The molecule has 1 amide bonds. The lowest BCUT2D eigenvalue weighted by atomic mass is 10.1. The molecule has 0 unspecified atom stereocenters. The first-order chi connectivity index (χ1) is 17.0. The van der Waals surface area contributed by atoms with Crippen LogP contribution in [0.5, 0.6) is 0 Å². The van der Waals surface area contributed by atoms with Crippen LogP contribution in [0, 0.1) is 0 Å². The van der Waals surface area contributed by atoms with E-state index in [-0.39, 0.29) is 30.4 Å². The van der Waals surface area contributed by atoms with Crippen molar-refractivity contribution in [1.82, 2.24) is 30.0 Å². The highest BCUT2D eigenvalue weighted by Gasteiger charge is 2.11. The number of halogens is 2. The van der Waals surface area contributed by atoms with Crippen LogP contribution in [0.1, 0.15) is 32.9 Å². The number of rotatable bonds is 7. The molecule has 8 nitrogen and oxygen atoms in total. The second-order valence-corrected chi connectivity index (χ2v) is 8.57. The highest BCUT2D eigenvalue weighted by molar-refractivity contribution is 6.31. The molecule has 5 rings (SSSR count). The Hall–Kier alpha value is -4.01. The van der Waals surface area contributed by atoms with Gasteiger partial charge in [0.1, 0.15) is 0 Å². The van der Waals surface area contributed by atoms with Crippen molar-refractivity contribution in [3.8, 4) is 0 Å². The minimum atomic E-state index is -0.231. The van der Waals surface area contributed by atoms with Gasteiger partial charge >= 0.3 is 0 Å². The lowest BCUT2D eigenvalue weighted by Crippen LogP contribution is -2.23. The predicted octanol–water partition coefficient (Wildman–Crippen LogP) is 4.16. The molecule has 10 heteroatoms. The van der Waals surface area contributed by atoms with E-state index in [4.69, 9.17) is 11.6 Å². The molecule has 0 spiro atoms. The summed E-state index contributed by atoms with van der Waals surface area (Å²) >= 11 is 6.09. The lowest BCUT2D eigenvalue weighted by Gasteiger charge is -2.08. The minimum absolute atomic E-state index is 0. The number of hydrogen-bond donors (Lipinski definition) is 2. The van der Waals surface area contributed by atoms with Crippen molar-refractivity contribution in [2.45, 2.75) is 19.5 Å². The van der Waals surface area contributed by atoms with E-state index in [0.717, 1.165) is 33.4 Å². The Kier molecular flexibility index (Phi) is 7.77. The van der Waals surface area contributed by atoms with Gasteiger partial charge in [-0.3, -0.25) is 24.7 Å². The fraction of sp³-hybridized carbons (Fsp3) is 0.115. The molecule has 4 heterocycles. The van der Waals surface area contributed by atoms with Crippen LogP contribution in [-0.2, 0) is 19.5 Å². The number of amides is 1. The van der Waals surface area contributed by atoms with E-state index in [9.17, 15) is 9.59 Å². The maximum absolute atomic E-state index is 12.7. The maximum atomic E-state index is 12.7. The molecule has 1 aromatic carbocycles. The summed E-state index contributed by atoms with van der Waals surface area (Å²) in [6.45, 7) is 0.699. The SMILES string of the molecule is Cl.O=C(NCc1[nH]nc2ccc(Cl)cc12)c1cncc(Cc2ccc(Cn3ccccc3=O)nc2)c1. The number of nitrogens with zero attached hydrogens (tertiary/aromatic N) is 4. The molecule has 5 aromatic rings. The first-order valence-electron chi connectivity index (χ1n) is 11.0. The summed E-state index contributed by atoms with van der Waals surface area (Å²) in [6, 6.07) is 16.2. The highest BCUT2D eigenvalue weighted by atomic mass is 35.5. The van der Waals surface area contributed by atoms with Crippen molar-refractivity contribution in [2.75, 3.05) is 0 Å². The maximum Gasteiger partial charge on any atom is 0.253 e. The van der Waals surface area contributed by atoms with E-state index in [1.165, 1.54) is 6.07 Å². The van der Waals surface area contributed by atoms with Gasteiger partial charge in [0.05, 0.1) is 35.6 Å². The molecular formula is C26H22Cl2N6O2. The molecule has 2 N–H and O–H groups in total. The molecule has 182 valence electrons. The van der Waals surface area contributed by atoms with Gasteiger partial charge in [-0.25, -0.2) is 0 Å². The monoisotopic (exact) mass is 520 g/mol. The van der Waals surface area contributed by atoms with Crippen molar-refractivity contribution in [3.05, 3.63) is 123 Å². The molecule has 0 radical (unpaired) electrons. The summed E-state index contributed by atoms with van der Waals surface area (Å²) in [6.07, 6.45) is 7.38. The minimum Gasteiger partial charge on any atom is -0.346 e. The van der Waals surface area contributed by atoms with Crippen molar-refractivity contribution in [2.24, 2.45) is 0 Å². The van der Waals surface area contributed by atoms with Gasteiger partial charge in [0, 0.05) is 47.7 Å². The van der Waals surface area contributed by atoms with Crippen molar-refractivity contribution < 1.29 is 4.79 Å². The molecule has 0 aliphatic rings. The predicted molar refractivity (Wildman–Crippen MR) is 141 cm³/mol. The Morgan fingerprint density at radius 2 is 1.92 bits per heavy atom.